The lowest BCUT2D eigenvalue weighted by atomic mass is 9.65. The van der Waals surface area contributed by atoms with Crippen molar-refractivity contribution >= 4 is 46.4 Å². The number of para-hydroxylation sites is 2. The number of amides is 2. The lowest BCUT2D eigenvalue weighted by molar-refractivity contribution is -0.156. The first-order chi connectivity index (χ1) is 18.8. The SMILES string of the molecule is CCOC(=O)[C@H]1[C@]2(C(=O)N(Cc3ccc(OC)cc3)c3ccccc32)C(=S)N[C@]12C(=O)N(C)c1ccccc12. The Balaban J connectivity index is 1.57. The topological polar surface area (TPSA) is 88.2 Å². The number of esters is 1. The normalized spacial score (nSPS) is 24.8. The van der Waals surface area contributed by atoms with Crippen LogP contribution >= 0.6 is 12.2 Å². The molecule has 3 aromatic carbocycles. The standard InChI is InChI=1S/C30H27N3O5S/c1-4-38-25(34)24-29(26(39)31-30(24)21-10-6-7-11-22(21)32(2)28(30)36)20-9-5-8-12-23(20)33(27(29)35)17-18-13-15-19(37-3)16-14-18/h5-16,24H,4,17H2,1-3H3,(H,31,39)/t24-,29-,30-/m0/s1. The first-order valence-corrected chi connectivity index (χ1v) is 13.1. The molecule has 0 radical (unpaired) electrons. The Hall–Kier alpha value is -4.24. The number of fused-ring (bicyclic) bond motifs is 4. The number of thiocarbonyl (C=S) groups is 1. The zero-order valence-corrected chi connectivity index (χ0v) is 22.6. The van der Waals surface area contributed by atoms with E-state index in [1.807, 2.05) is 66.7 Å². The maximum Gasteiger partial charge on any atom is 0.314 e. The predicted octanol–water partition coefficient (Wildman–Crippen LogP) is 3.46. The molecule has 3 aromatic rings. The van der Waals surface area contributed by atoms with Gasteiger partial charge >= 0.3 is 5.97 Å². The van der Waals surface area contributed by atoms with Gasteiger partial charge in [0.15, 0.2) is 5.54 Å². The molecule has 1 fully saturated rings. The summed E-state index contributed by atoms with van der Waals surface area (Å²) in [6.07, 6.45) is 0. The van der Waals surface area contributed by atoms with E-state index < -0.39 is 22.8 Å². The molecule has 1 N–H and O–H groups in total. The molecule has 2 spiro atoms. The van der Waals surface area contributed by atoms with Gasteiger partial charge in [0.2, 0.25) is 5.91 Å². The average Bonchev–Trinajstić information content (AvgIpc) is 3.46. The van der Waals surface area contributed by atoms with E-state index in [1.54, 1.807) is 32.0 Å². The van der Waals surface area contributed by atoms with E-state index in [-0.39, 0.29) is 30.0 Å². The summed E-state index contributed by atoms with van der Waals surface area (Å²) in [4.78, 5) is 46.1. The highest BCUT2D eigenvalue weighted by Crippen LogP contribution is 2.60. The van der Waals surface area contributed by atoms with Crippen LogP contribution in [-0.4, -0.2) is 43.5 Å². The number of hydrogen-bond acceptors (Lipinski definition) is 6. The summed E-state index contributed by atoms with van der Waals surface area (Å²) in [6, 6.07) is 22.0. The third-order valence-corrected chi connectivity index (χ3v) is 8.52. The summed E-state index contributed by atoms with van der Waals surface area (Å²) >= 11 is 5.95. The molecule has 2 amide bonds. The molecule has 6 rings (SSSR count). The van der Waals surface area contributed by atoms with E-state index in [0.29, 0.717) is 28.3 Å². The molecule has 9 heteroatoms. The van der Waals surface area contributed by atoms with Crippen LogP contribution < -0.4 is 19.9 Å². The quantitative estimate of drug-likeness (QED) is 0.391. The van der Waals surface area contributed by atoms with Gasteiger partial charge in [-0.05, 0) is 42.3 Å². The number of likely N-dealkylation sites (N-methyl/N-ethyl adjacent to an activating group) is 1. The smallest absolute Gasteiger partial charge is 0.314 e. The fraction of sp³-hybridized carbons (Fsp3) is 0.267. The molecule has 0 aliphatic carbocycles. The predicted molar refractivity (Wildman–Crippen MR) is 150 cm³/mol. The number of methoxy groups -OCH3 is 1. The van der Waals surface area contributed by atoms with E-state index in [1.165, 1.54) is 4.90 Å². The average molecular weight is 542 g/mol. The second-order valence-electron chi connectivity index (χ2n) is 9.89. The maximum atomic E-state index is 14.7. The molecule has 198 valence electrons. The second kappa shape index (κ2) is 8.91. The minimum atomic E-state index is -1.63. The van der Waals surface area contributed by atoms with Gasteiger partial charge in [-0.2, -0.15) is 0 Å². The molecule has 0 aromatic heterocycles. The minimum Gasteiger partial charge on any atom is -0.497 e. The molecule has 8 nitrogen and oxygen atoms in total. The number of nitrogens with zero attached hydrogens (tertiary/aromatic N) is 2. The van der Waals surface area contributed by atoms with Crippen LogP contribution in [0.25, 0.3) is 0 Å². The molecule has 39 heavy (non-hydrogen) atoms. The number of carbonyl (C=O) groups is 3. The van der Waals surface area contributed by atoms with E-state index in [4.69, 9.17) is 21.7 Å². The van der Waals surface area contributed by atoms with Crippen molar-refractivity contribution in [1.82, 2.24) is 5.32 Å². The van der Waals surface area contributed by atoms with Gasteiger partial charge < -0.3 is 24.6 Å². The zero-order chi connectivity index (χ0) is 27.5. The van der Waals surface area contributed by atoms with E-state index >= 15 is 0 Å². The third-order valence-electron chi connectivity index (χ3n) is 8.09. The van der Waals surface area contributed by atoms with Gasteiger partial charge in [0, 0.05) is 24.0 Å². The second-order valence-corrected chi connectivity index (χ2v) is 10.3. The molecule has 3 aliphatic rings. The van der Waals surface area contributed by atoms with E-state index in [2.05, 4.69) is 5.32 Å². The Morgan fingerprint density at radius 1 is 0.949 bits per heavy atom. The molecule has 3 heterocycles. The number of rotatable bonds is 5. The van der Waals surface area contributed by atoms with Crippen molar-refractivity contribution in [3.8, 4) is 5.75 Å². The first kappa shape index (κ1) is 25.1. The molecule has 3 atom stereocenters. The zero-order valence-electron chi connectivity index (χ0n) is 21.8. The Kier molecular flexibility index (Phi) is 5.73. The van der Waals surface area contributed by atoms with Gasteiger partial charge in [0.25, 0.3) is 5.91 Å². The first-order valence-electron chi connectivity index (χ1n) is 12.7. The van der Waals surface area contributed by atoms with Gasteiger partial charge in [-0.3, -0.25) is 14.4 Å². The number of ether oxygens (including phenoxy) is 2. The van der Waals surface area contributed by atoms with Gasteiger partial charge in [0.1, 0.15) is 17.1 Å². The Morgan fingerprint density at radius 3 is 2.26 bits per heavy atom. The molecule has 0 saturated carbocycles. The van der Waals surface area contributed by atoms with Crippen LogP contribution in [0.4, 0.5) is 11.4 Å². The number of anilines is 2. The highest BCUT2D eigenvalue weighted by molar-refractivity contribution is 7.80. The summed E-state index contributed by atoms with van der Waals surface area (Å²) in [6.45, 7) is 2.04. The molecule has 0 bridgehead atoms. The molecule has 1 saturated heterocycles. The maximum absolute atomic E-state index is 14.7. The minimum absolute atomic E-state index is 0.0886. The number of nitrogens with one attached hydrogen (secondary N) is 1. The van der Waals surface area contributed by atoms with Crippen LogP contribution in [0, 0.1) is 5.92 Å². The van der Waals surface area contributed by atoms with Gasteiger partial charge in [-0.15, -0.1) is 0 Å². The van der Waals surface area contributed by atoms with Crippen molar-refractivity contribution in [1.29, 1.82) is 0 Å². The van der Waals surface area contributed by atoms with E-state index in [0.717, 1.165) is 5.56 Å². The van der Waals surface area contributed by atoms with Crippen LogP contribution in [0.15, 0.2) is 72.8 Å². The van der Waals surface area contributed by atoms with Crippen LogP contribution in [0.1, 0.15) is 23.6 Å². The van der Waals surface area contributed by atoms with Crippen LogP contribution in [0.2, 0.25) is 0 Å². The Labute approximate surface area is 231 Å². The Morgan fingerprint density at radius 2 is 1.59 bits per heavy atom. The molecular formula is C30H27N3O5S. The van der Waals surface area contributed by atoms with Crippen LogP contribution in [0.5, 0.6) is 5.75 Å². The van der Waals surface area contributed by atoms with Crippen molar-refractivity contribution in [2.75, 3.05) is 30.6 Å². The molecular weight excluding hydrogens is 514 g/mol. The summed E-state index contributed by atoms with van der Waals surface area (Å²) < 4.78 is 10.9. The monoisotopic (exact) mass is 541 g/mol. The third kappa shape index (κ3) is 3.16. The highest BCUT2D eigenvalue weighted by Gasteiger charge is 2.76. The van der Waals surface area contributed by atoms with Crippen LogP contribution in [0.3, 0.4) is 0 Å². The summed E-state index contributed by atoms with van der Waals surface area (Å²) in [5.41, 5.74) is 0.118. The van der Waals surface area contributed by atoms with Gasteiger partial charge in [-0.1, -0.05) is 60.7 Å². The summed E-state index contributed by atoms with van der Waals surface area (Å²) in [5.74, 6) is -1.94. The van der Waals surface area contributed by atoms with Crippen molar-refractivity contribution in [2.24, 2.45) is 5.92 Å². The van der Waals surface area contributed by atoms with E-state index in [9.17, 15) is 14.4 Å². The lowest BCUT2D eigenvalue weighted by Gasteiger charge is -2.34. The van der Waals surface area contributed by atoms with Crippen molar-refractivity contribution in [3.63, 3.8) is 0 Å². The van der Waals surface area contributed by atoms with Gasteiger partial charge in [-0.25, -0.2) is 0 Å². The summed E-state index contributed by atoms with van der Waals surface area (Å²) in [5, 5.41) is 3.23. The number of carbonyl (C=O) groups excluding carboxylic acids is 3. The summed E-state index contributed by atoms with van der Waals surface area (Å²) in [7, 11) is 3.26. The Bertz CT molecular complexity index is 1540. The number of hydrogen-bond donors (Lipinski definition) is 1. The van der Waals surface area contributed by atoms with Gasteiger partial charge in [0.05, 0.1) is 25.2 Å². The fourth-order valence-corrected chi connectivity index (χ4v) is 6.90. The largest absolute Gasteiger partial charge is 0.497 e. The van der Waals surface area contributed by atoms with Crippen molar-refractivity contribution < 1.29 is 23.9 Å². The molecule has 3 aliphatic heterocycles. The number of benzene rings is 3. The van der Waals surface area contributed by atoms with Crippen molar-refractivity contribution in [3.05, 3.63) is 89.5 Å². The lowest BCUT2D eigenvalue weighted by Crippen LogP contribution is -2.56. The molecule has 0 unspecified atom stereocenters. The van der Waals surface area contributed by atoms with Crippen LogP contribution in [-0.2, 0) is 36.6 Å². The highest BCUT2D eigenvalue weighted by atomic mass is 32.1. The fourth-order valence-electron chi connectivity index (χ4n) is 6.42. The van der Waals surface area contributed by atoms with Crippen molar-refractivity contribution in [2.45, 2.75) is 24.4 Å².